The lowest BCUT2D eigenvalue weighted by atomic mass is 10.2. The number of hydrogen-bond donors (Lipinski definition) is 1. The molecule has 0 aliphatic carbocycles. The Hall–Kier alpha value is -1.30. The summed E-state index contributed by atoms with van der Waals surface area (Å²) in [6.07, 6.45) is -4.35. The van der Waals surface area contributed by atoms with Crippen LogP contribution in [0.3, 0.4) is 0 Å². The van der Waals surface area contributed by atoms with Crippen LogP contribution in [0, 0.1) is 6.92 Å². The fourth-order valence-corrected chi connectivity index (χ4v) is 1.02. The average molecular weight is 220 g/mol. The molecule has 0 bridgehead atoms. The summed E-state index contributed by atoms with van der Waals surface area (Å²) in [5, 5.41) is 0. The Bertz CT molecular complexity index is 339. The number of pyridine rings is 1. The van der Waals surface area contributed by atoms with E-state index in [1.807, 2.05) is 0 Å². The molecule has 6 heteroatoms. The molecule has 1 rings (SSSR count). The first-order valence-corrected chi connectivity index (χ1v) is 4.28. The van der Waals surface area contributed by atoms with Gasteiger partial charge in [0.05, 0.1) is 0 Å². The third-order valence-corrected chi connectivity index (χ3v) is 1.77. The first-order chi connectivity index (χ1) is 6.92. The first kappa shape index (κ1) is 11.8. The standard InChI is InChI=1S/C9H11F3N2O/c1-6-7(4-13)2-3-8(14-6)15-5-9(10,11)12/h2-3H,4-5,13H2,1H3. The summed E-state index contributed by atoms with van der Waals surface area (Å²) < 4.78 is 39.9. The zero-order valence-electron chi connectivity index (χ0n) is 8.14. The van der Waals surface area contributed by atoms with Gasteiger partial charge in [-0.15, -0.1) is 0 Å². The highest BCUT2D eigenvalue weighted by atomic mass is 19.4. The van der Waals surface area contributed by atoms with E-state index in [2.05, 4.69) is 9.72 Å². The van der Waals surface area contributed by atoms with Crippen LogP contribution >= 0.6 is 0 Å². The lowest BCUT2D eigenvalue weighted by Crippen LogP contribution is -2.19. The van der Waals surface area contributed by atoms with Gasteiger partial charge in [0.25, 0.3) is 0 Å². The third-order valence-electron chi connectivity index (χ3n) is 1.77. The number of nitrogens with zero attached hydrogens (tertiary/aromatic N) is 1. The first-order valence-electron chi connectivity index (χ1n) is 4.28. The number of hydrogen-bond acceptors (Lipinski definition) is 3. The second kappa shape index (κ2) is 4.48. The van der Waals surface area contributed by atoms with Crippen molar-refractivity contribution in [1.29, 1.82) is 0 Å². The van der Waals surface area contributed by atoms with Crippen molar-refractivity contribution in [2.24, 2.45) is 5.73 Å². The van der Waals surface area contributed by atoms with Crippen LogP contribution in [0.5, 0.6) is 5.88 Å². The van der Waals surface area contributed by atoms with Crippen molar-refractivity contribution in [3.05, 3.63) is 23.4 Å². The van der Waals surface area contributed by atoms with Crippen LogP contribution in [0.25, 0.3) is 0 Å². The number of aryl methyl sites for hydroxylation is 1. The molecule has 0 aromatic carbocycles. The number of ether oxygens (including phenoxy) is 1. The lowest BCUT2D eigenvalue weighted by Gasteiger charge is -2.09. The average Bonchev–Trinajstić information content (AvgIpc) is 2.14. The van der Waals surface area contributed by atoms with Crippen LogP contribution in [0.4, 0.5) is 13.2 Å². The summed E-state index contributed by atoms with van der Waals surface area (Å²) in [7, 11) is 0. The van der Waals surface area contributed by atoms with Crippen molar-refractivity contribution in [3.63, 3.8) is 0 Å². The second-order valence-electron chi connectivity index (χ2n) is 3.00. The van der Waals surface area contributed by atoms with Crippen LogP contribution in [0.1, 0.15) is 11.3 Å². The topological polar surface area (TPSA) is 48.1 Å². The van der Waals surface area contributed by atoms with Crippen molar-refractivity contribution >= 4 is 0 Å². The minimum atomic E-state index is -4.35. The summed E-state index contributed by atoms with van der Waals surface area (Å²) in [4.78, 5) is 3.84. The van der Waals surface area contributed by atoms with E-state index in [-0.39, 0.29) is 5.88 Å². The van der Waals surface area contributed by atoms with Crippen LogP contribution < -0.4 is 10.5 Å². The van der Waals surface area contributed by atoms with Gasteiger partial charge in [0.15, 0.2) is 6.61 Å². The van der Waals surface area contributed by atoms with Gasteiger partial charge in [-0.25, -0.2) is 4.98 Å². The molecule has 15 heavy (non-hydrogen) atoms. The van der Waals surface area contributed by atoms with Crippen LogP contribution in [-0.4, -0.2) is 17.8 Å². The van der Waals surface area contributed by atoms with Crippen LogP contribution in [-0.2, 0) is 6.54 Å². The maximum Gasteiger partial charge on any atom is 0.422 e. The summed E-state index contributed by atoms with van der Waals surface area (Å²) in [6.45, 7) is 0.641. The molecule has 0 atom stereocenters. The van der Waals surface area contributed by atoms with Gasteiger partial charge in [-0.3, -0.25) is 0 Å². The van der Waals surface area contributed by atoms with E-state index in [9.17, 15) is 13.2 Å². The van der Waals surface area contributed by atoms with Gasteiger partial charge in [-0.2, -0.15) is 13.2 Å². The maximum absolute atomic E-state index is 11.8. The molecule has 0 amide bonds. The zero-order chi connectivity index (χ0) is 11.5. The van der Waals surface area contributed by atoms with Crippen molar-refractivity contribution in [2.75, 3.05) is 6.61 Å². The fraction of sp³-hybridized carbons (Fsp3) is 0.444. The van der Waals surface area contributed by atoms with Gasteiger partial charge in [0, 0.05) is 18.3 Å². The Balaban J connectivity index is 2.68. The molecule has 0 saturated heterocycles. The molecule has 0 aliphatic rings. The third kappa shape index (κ3) is 3.75. The molecule has 0 unspecified atom stereocenters. The highest BCUT2D eigenvalue weighted by molar-refractivity contribution is 5.24. The SMILES string of the molecule is Cc1nc(OCC(F)(F)F)ccc1CN. The largest absolute Gasteiger partial charge is 0.468 e. The molecule has 0 aliphatic heterocycles. The predicted molar refractivity (Wildman–Crippen MR) is 48.4 cm³/mol. The number of nitrogens with two attached hydrogens (primary N) is 1. The minimum absolute atomic E-state index is 0.0398. The van der Waals surface area contributed by atoms with E-state index in [0.29, 0.717) is 12.2 Å². The molecular formula is C9H11F3N2O. The minimum Gasteiger partial charge on any atom is -0.468 e. The maximum atomic E-state index is 11.8. The Morgan fingerprint density at radius 2 is 2.07 bits per heavy atom. The normalized spacial score (nSPS) is 11.5. The monoisotopic (exact) mass is 220 g/mol. The van der Waals surface area contributed by atoms with Crippen molar-refractivity contribution in [3.8, 4) is 5.88 Å². The zero-order valence-corrected chi connectivity index (χ0v) is 8.14. The molecule has 0 radical (unpaired) electrons. The van der Waals surface area contributed by atoms with Gasteiger partial charge in [0.1, 0.15) is 0 Å². The van der Waals surface area contributed by atoms with Crippen molar-refractivity contribution in [2.45, 2.75) is 19.6 Å². The Labute approximate surface area is 85.1 Å². The molecule has 1 heterocycles. The number of rotatable bonds is 3. The molecule has 0 fully saturated rings. The van der Waals surface area contributed by atoms with E-state index >= 15 is 0 Å². The molecule has 1 aromatic rings. The summed E-state index contributed by atoms with van der Waals surface area (Å²) >= 11 is 0. The summed E-state index contributed by atoms with van der Waals surface area (Å²) in [5.74, 6) is -0.0398. The molecule has 0 spiro atoms. The Morgan fingerprint density at radius 1 is 1.40 bits per heavy atom. The van der Waals surface area contributed by atoms with Crippen LogP contribution in [0.2, 0.25) is 0 Å². The predicted octanol–water partition coefficient (Wildman–Crippen LogP) is 1.79. The van der Waals surface area contributed by atoms with E-state index in [1.54, 1.807) is 13.0 Å². The molecule has 3 nitrogen and oxygen atoms in total. The van der Waals surface area contributed by atoms with Crippen molar-refractivity contribution < 1.29 is 17.9 Å². The highest BCUT2D eigenvalue weighted by Gasteiger charge is 2.28. The van der Waals surface area contributed by atoms with Crippen LogP contribution in [0.15, 0.2) is 12.1 Å². The van der Waals surface area contributed by atoms with Gasteiger partial charge in [0.2, 0.25) is 5.88 Å². The molecule has 1 aromatic heterocycles. The summed E-state index contributed by atoms with van der Waals surface area (Å²) in [5.41, 5.74) is 6.75. The molecule has 0 saturated carbocycles. The summed E-state index contributed by atoms with van der Waals surface area (Å²) in [6, 6.07) is 2.98. The van der Waals surface area contributed by atoms with Gasteiger partial charge < -0.3 is 10.5 Å². The van der Waals surface area contributed by atoms with E-state index < -0.39 is 12.8 Å². The van der Waals surface area contributed by atoms with Gasteiger partial charge in [-0.1, -0.05) is 6.07 Å². The van der Waals surface area contributed by atoms with E-state index in [1.165, 1.54) is 6.07 Å². The number of alkyl halides is 3. The molecular weight excluding hydrogens is 209 g/mol. The quantitative estimate of drug-likeness (QED) is 0.844. The molecule has 84 valence electrons. The second-order valence-corrected chi connectivity index (χ2v) is 3.00. The van der Waals surface area contributed by atoms with E-state index in [4.69, 9.17) is 5.73 Å². The Kier molecular flexibility index (Phi) is 3.52. The van der Waals surface area contributed by atoms with E-state index in [0.717, 1.165) is 5.56 Å². The smallest absolute Gasteiger partial charge is 0.422 e. The number of aromatic nitrogens is 1. The molecule has 2 N–H and O–H groups in total. The highest BCUT2D eigenvalue weighted by Crippen LogP contribution is 2.18. The van der Waals surface area contributed by atoms with Gasteiger partial charge in [-0.05, 0) is 12.5 Å². The van der Waals surface area contributed by atoms with Gasteiger partial charge >= 0.3 is 6.18 Å². The number of halogens is 3. The fourth-order valence-electron chi connectivity index (χ4n) is 1.02. The lowest BCUT2D eigenvalue weighted by molar-refractivity contribution is -0.154. The van der Waals surface area contributed by atoms with Crippen molar-refractivity contribution in [1.82, 2.24) is 4.98 Å². The Morgan fingerprint density at radius 3 is 2.53 bits per heavy atom.